The van der Waals surface area contributed by atoms with Crippen LogP contribution in [0.1, 0.15) is 48.9 Å². The Balaban J connectivity index is 1.58. The van der Waals surface area contributed by atoms with Gasteiger partial charge in [0.2, 0.25) is 5.95 Å². The molecule has 1 aromatic carbocycles. The van der Waals surface area contributed by atoms with Gasteiger partial charge < -0.3 is 4.90 Å². The van der Waals surface area contributed by atoms with Crippen LogP contribution in [0.5, 0.6) is 0 Å². The molecule has 126 valence electrons. The van der Waals surface area contributed by atoms with Crippen molar-refractivity contribution in [3.63, 3.8) is 0 Å². The summed E-state index contributed by atoms with van der Waals surface area (Å²) in [6.45, 7) is 4.29. The molecule has 2 heterocycles. The van der Waals surface area contributed by atoms with Crippen molar-refractivity contribution in [3.8, 4) is 0 Å². The quantitative estimate of drug-likeness (QED) is 0.923. The number of fused-ring (bicyclic) bond motifs is 1. The van der Waals surface area contributed by atoms with Crippen molar-refractivity contribution in [2.75, 3.05) is 18.0 Å². The molecule has 1 saturated heterocycles. The normalized spacial score (nSPS) is 21.5. The molecular weight excluding hydrogens is 298 g/mol. The van der Waals surface area contributed by atoms with Crippen LogP contribution in [-0.4, -0.2) is 23.1 Å². The first kappa shape index (κ1) is 15.4. The number of aryl methyl sites for hydroxylation is 1. The van der Waals surface area contributed by atoms with Gasteiger partial charge in [0.25, 0.3) is 5.56 Å². The molecule has 4 nitrogen and oxygen atoms in total. The number of piperidine rings is 1. The van der Waals surface area contributed by atoms with Crippen molar-refractivity contribution in [1.82, 2.24) is 9.97 Å². The Kier molecular flexibility index (Phi) is 4.13. The average molecular weight is 323 g/mol. The van der Waals surface area contributed by atoms with E-state index >= 15 is 0 Å². The number of hydrogen-bond acceptors (Lipinski definition) is 3. The van der Waals surface area contributed by atoms with Crippen molar-refractivity contribution in [2.45, 2.75) is 44.9 Å². The first-order valence-electron chi connectivity index (χ1n) is 9.12. The van der Waals surface area contributed by atoms with Crippen LogP contribution in [0.2, 0.25) is 0 Å². The summed E-state index contributed by atoms with van der Waals surface area (Å²) in [6, 6.07) is 10.5. The highest BCUT2D eigenvalue weighted by atomic mass is 16.1. The van der Waals surface area contributed by atoms with E-state index in [0.29, 0.717) is 5.92 Å². The highest BCUT2D eigenvalue weighted by Gasteiger charge is 2.26. The fourth-order valence-corrected chi connectivity index (χ4v) is 3.99. The lowest BCUT2D eigenvalue weighted by atomic mass is 9.82. The SMILES string of the molecule is CC1CCN(c2nc3c(c(=O)[nH]2)CC(c2ccccc2)CC3)CC1. The minimum absolute atomic E-state index is 0.0641. The Morgan fingerprint density at radius 1 is 1.12 bits per heavy atom. The van der Waals surface area contributed by atoms with E-state index in [1.165, 1.54) is 18.4 Å². The van der Waals surface area contributed by atoms with Crippen molar-refractivity contribution in [3.05, 3.63) is 57.5 Å². The average Bonchev–Trinajstić information content (AvgIpc) is 2.63. The summed E-state index contributed by atoms with van der Waals surface area (Å²) >= 11 is 0. The summed E-state index contributed by atoms with van der Waals surface area (Å²) in [5.41, 5.74) is 3.30. The predicted octanol–water partition coefficient (Wildman–Crippen LogP) is 3.28. The van der Waals surface area contributed by atoms with Crippen LogP contribution in [0.3, 0.4) is 0 Å². The Labute approximate surface area is 142 Å². The molecule has 0 radical (unpaired) electrons. The van der Waals surface area contributed by atoms with E-state index in [1.54, 1.807) is 0 Å². The molecular formula is C20H25N3O. The van der Waals surface area contributed by atoms with Crippen LogP contribution in [0, 0.1) is 5.92 Å². The summed E-state index contributed by atoms with van der Waals surface area (Å²) in [5.74, 6) is 1.99. The van der Waals surface area contributed by atoms with Crippen LogP contribution in [0.25, 0.3) is 0 Å². The zero-order chi connectivity index (χ0) is 16.5. The van der Waals surface area contributed by atoms with Gasteiger partial charge in [-0.3, -0.25) is 9.78 Å². The van der Waals surface area contributed by atoms with Crippen LogP contribution < -0.4 is 10.5 Å². The lowest BCUT2D eigenvalue weighted by Gasteiger charge is -2.31. The van der Waals surface area contributed by atoms with Crippen molar-refractivity contribution >= 4 is 5.95 Å². The molecule has 1 unspecified atom stereocenters. The van der Waals surface area contributed by atoms with Gasteiger partial charge in [0.05, 0.1) is 5.69 Å². The Morgan fingerprint density at radius 2 is 1.88 bits per heavy atom. The number of rotatable bonds is 2. The van der Waals surface area contributed by atoms with Gasteiger partial charge in [-0.15, -0.1) is 0 Å². The van der Waals surface area contributed by atoms with Crippen LogP contribution in [0.4, 0.5) is 5.95 Å². The molecule has 4 heteroatoms. The maximum Gasteiger partial charge on any atom is 0.255 e. The van der Waals surface area contributed by atoms with Crippen molar-refractivity contribution < 1.29 is 0 Å². The first-order chi connectivity index (χ1) is 11.7. The number of nitrogens with zero attached hydrogens (tertiary/aromatic N) is 2. The van der Waals surface area contributed by atoms with Gasteiger partial charge in [-0.05, 0) is 49.5 Å². The van der Waals surface area contributed by atoms with Gasteiger partial charge in [0.1, 0.15) is 0 Å². The Morgan fingerprint density at radius 3 is 2.62 bits per heavy atom. The lowest BCUT2D eigenvalue weighted by molar-refractivity contribution is 0.433. The topological polar surface area (TPSA) is 49.0 Å². The number of nitrogens with one attached hydrogen (secondary N) is 1. The molecule has 0 spiro atoms. The number of aromatic nitrogens is 2. The van der Waals surface area contributed by atoms with Crippen LogP contribution in [0.15, 0.2) is 35.1 Å². The number of H-pyrrole nitrogens is 1. The Hall–Kier alpha value is -2.10. The smallest absolute Gasteiger partial charge is 0.255 e. The highest BCUT2D eigenvalue weighted by Crippen LogP contribution is 2.31. The summed E-state index contributed by atoms with van der Waals surface area (Å²) in [5, 5.41) is 0. The molecule has 4 rings (SSSR count). The highest BCUT2D eigenvalue weighted by molar-refractivity contribution is 5.36. The minimum Gasteiger partial charge on any atom is -0.342 e. The summed E-state index contributed by atoms with van der Waals surface area (Å²) in [4.78, 5) is 22.8. The number of anilines is 1. The summed E-state index contributed by atoms with van der Waals surface area (Å²) in [7, 11) is 0. The third-order valence-corrected chi connectivity index (χ3v) is 5.62. The number of hydrogen-bond donors (Lipinski definition) is 1. The molecule has 1 N–H and O–H groups in total. The standard InChI is InChI=1S/C20H25N3O/c1-14-9-11-23(12-10-14)20-21-18-8-7-16(13-17(18)19(24)22-20)15-5-3-2-4-6-15/h2-6,14,16H,7-13H2,1H3,(H,21,22,24). The maximum atomic E-state index is 12.6. The van der Waals surface area contributed by atoms with E-state index in [9.17, 15) is 4.79 Å². The summed E-state index contributed by atoms with van der Waals surface area (Å²) in [6.07, 6.45) is 5.13. The van der Waals surface area contributed by atoms with E-state index < -0.39 is 0 Å². The third-order valence-electron chi connectivity index (χ3n) is 5.62. The minimum atomic E-state index is 0.0641. The molecule has 0 bridgehead atoms. The molecule has 1 aromatic heterocycles. The molecule has 1 atom stereocenters. The van der Waals surface area contributed by atoms with Crippen LogP contribution in [-0.2, 0) is 12.8 Å². The van der Waals surface area contributed by atoms with Gasteiger partial charge >= 0.3 is 0 Å². The molecule has 24 heavy (non-hydrogen) atoms. The van der Waals surface area contributed by atoms with Crippen molar-refractivity contribution in [1.29, 1.82) is 0 Å². The molecule has 1 fully saturated rings. The van der Waals surface area contributed by atoms with Gasteiger partial charge in [0, 0.05) is 18.7 Å². The third kappa shape index (κ3) is 2.97. The molecule has 1 aliphatic heterocycles. The largest absolute Gasteiger partial charge is 0.342 e. The summed E-state index contributed by atoms with van der Waals surface area (Å²) < 4.78 is 0. The van der Waals surface area contributed by atoms with Crippen molar-refractivity contribution in [2.24, 2.45) is 5.92 Å². The number of benzene rings is 1. The Bertz CT molecular complexity index is 760. The first-order valence-corrected chi connectivity index (χ1v) is 9.12. The monoisotopic (exact) mass is 323 g/mol. The number of aromatic amines is 1. The fourth-order valence-electron chi connectivity index (χ4n) is 3.99. The fraction of sp³-hybridized carbons (Fsp3) is 0.500. The zero-order valence-corrected chi connectivity index (χ0v) is 14.3. The van der Waals surface area contributed by atoms with Gasteiger partial charge in [-0.1, -0.05) is 37.3 Å². The molecule has 0 saturated carbocycles. The molecule has 2 aromatic rings. The van der Waals surface area contributed by atoms with Gasteiger partial charge in [-0.25, -0.2) is 4.98 Å². The van der Waals surface area contributed by atoms with E-state index in [1.807, 2.05) is 6.07 Å². The van der Waals surface area contributed by atoms with Gasteiger partial charge in [-0.2, -0.15) is 0 Å². The van der Waals surface area contributed by atoms with E-state index in [0.717, 1.165) is 55.5 Å². The van der Waals surface area contributed by atoms with Crippen LogP contribution >= 0.6 is 0 Å². The lowest BCUT2D eigenvalue weighted by Crippen LogP contribution is -2.36. The van der Waals surface area contributed by atoms with Gasteiger partial charge in [0.15, 0.2) is 0 Å². The van der Waals surface area contributed by atoms with E-state index in [4.69, 9.17) is 4.98 Å². The van der Waals surface area contributed by atoms with E-state index in [-0.39, 0.29) is 5.56 Å². The molecule has 0 amide bonds. The molecule has 1 aliphatic carbocycles. The zero-order valence-electron chi connectivity index (χ0n) is 14.3. The molecule has 2 aliphatic rings. The second-order valence-electron chi connectivity index (χ2n) is 7.33. The van der Waals surface area contributed by atoms with E-state index in [2.05, 4.69) is 41.1 Å². The second kappa shape index (κ2) is 6.42. The predicted molar refractivity (Wildman–Crippen MR) is 96.7 cm³/mol. The maximum absolute atomic E-state index is 12.6. The second-order valence-corrected chi connectivity index (χ2v) is 7.33.